The van der Waals surface area contributed by atoms with Gasteiger partial charge in [0.05, 0.1) is 29.2 Å². The van der Waals surface area contributed by atoms with E-state index in [0.29, 0.717) is 18.2 Å². The Hall–Kier alpha value is -2.11. The van der Waals surface area contributed by atoms with Crippen LogP contribution in [-0.4, -0.2) is 32.3 Å². The van der Waals surface area contributed by atoms with Crippen LogP contribution in [0.4, 0.5) is 0 Å². The number of amides is 1. The number of carbonyl (C=O) groups is 1. The van der Waals surface area contributed by atoms with Gasteiger partial charge >= 0.3 is 0 Å². The zero-order valence-electron chi connectivity index (χ0n) is 16.5. The van der Waals surface area contributed by atoms with Gasteiger partial charge in [-0.15, -0.1) is 0 Å². The monoisotopic (exact) mass is 370 g/mol. The molecule has 0 bridgehead atoms. The van der Waals surface area contributed by atoms with Crippen molar-refractivity contribution in [3.63, 3.8) is 0 Å². The Balaban J connectivity index is 1.59. The number of aromatic nitrogens is 3. The van der Waals surface area contributed by atoms with E-state index in [1.165, 1.54) is 32.1 Å². The van der Waals surface area contributed by atoms with Crippen molar-refractivity contribution in [1.29, 1.82) is 0 Å². The van der Waals surface area contributed by atoms with Crippen molar-refractivity contribution in [3.05, 3.63) is 23.7 Å². The molecular formula is C21H30N4O2. The normalized spacial score (nSPS) is 21.6. The minimum absolute atomic E-state index is 0.0720. The molecule has 6 nitrogen and oxygen atoms in total. The molecule has 1 aliphatic carbocycles. The first-order valence-electron chi connectivity index (χ1n) is 10.4. The Morgan fingerprint density at radius 1 is 1.19 bits per heavy atom. The Morgan fingerprint density at radius 3 is 2.70 bits per heavy atom. The molecule has 0 spiro atoms. The van der Waals surface area contributed by atoms with E-state index in [2.05, 4.69) is 15.2 Å². The summed E-state index contributed by atoms with van der Waals surface area (Å²) < 4.78 is 7.41. The molecule has 0 unspecified atom stereocenters. The highest BCUT2D eigenvalue weighted by Gasteiger charge is 2.33. The molecule has 4 rings (SSSR count). The van der Waals surface area contributed by atoms with Gasteiger partial charge in [-0.3, -0.25) is 9.48 Å². The molecule has 1 saturated heterocycles. The smallest absolute Gasteiger partial charge is 0.223 e. The fraction of sp³-hybridized carbons (Fsp3) is 0.667. The third-order valence-corrected chi connectivity index (χ3v) is 6.20. The van der Waals surface area contributed by atoms with Gasteiger partial charge < -0.3 is 9.42 Å². The van der Waals surface area contributed by atoms with Gasteiger partial charge in [0, 0.05) is 26.1 Å². The van der Waals surface area contributed by atoms with Gasteiger partial charge in [0.2, 0.25) is 5.91 Å². The number of aryl methyl sites for hydroxylation is 2. The first-order valence-corrected chi connectivity index (χ1v) is 10.4. The van der Waals surface area contributed by atoms with E-state index >= 15 is 0 Å². The first kappa shape index (κ1) is 18.3. The summed E-state index contributed by atoms with van der Waals surface area (Å²) in [6.45, 7) is 2.76. The molecular weight excluding hydrogens is 340 g/mol. The number of carbonyl (C=O) groups excluding carboxylic acids is 1. The lowest BCUT2D eigenvalue weighted by molar-refractivity contribution is -0.136. The maximum atomic E-state index is 13.2. The molecule has 2 aliphatic rings. The molecule has 2 aromatic rings. The van der Waals surface area contributed by atoms with E-state index in [4.69, 9.17) is 4.52 Å². The molecule has 0 aromatic carbocycles. The molecule has 0 N–H and O–H groups in total. The van der Waals surface area contributed by atoms with E-state index in [1.54, 1.807) is 0 Å². The summed E-state index contributed by atoms with van der Waals surface area (Å²) in [5.74, 6) is 1.62. The molecule has 1 aliphatic heterocycles. The molecule has 1 saturated carbocycles. The third-order valence-electron chi connectivity index (χ3n) is 6.20. The Morgan fingerprint density at radius 2 is 1.96 bits per heavy atom. The minimum atomic E-state index is 0.0720. The summed E-state index contributed by atoms with van der Waals surface area (Å²) in [4.78, 5) is 15.3. The number of nitrogens with zero attached hydrogens (tertiary/aromatic N) is 4. The van der Waals surface area contributed by atoms with Crippen molar-refractivity contribution in [2.45, 2.75) is 70.8 Å². The standard InChI is InChI=1S/C21H30N4O2/c1-15-12-19(27-23-15)17-14-22-24(2)21(17)18-10-6-7-11-25(18)20(26)13-16-8-4-3-5-9-16/h12,14,16,18H,3-11,13H2,1-2H3/t18-/m1/s1. The van der Waals surface area contributed by atoms with Crippen LogP contribution in [0.1, 0.15) is 75.2 Å². The Labute approximate surface area is 160 Å². The predicted octanol–water partition coefficient (Wildman–Crippen LogP) is 4.41. The van der Waals surface area contributed by atoms with Crippen LogP contribution >= 0.6 is 0 Å². The van der Waals surface area contributed by atoms with Gasteiger partial charge in [-0.05, 0) is 44.9 Å². The lowest BCUT2D eigenvalue weighted by Crippen LogP contribution is -2.40. The lowest BCUT2D eigenvalue weighted by atomic mass is 9.86. The van der Waals surface area contributed by atoms with Gasteiger partial charge in [-0.2, -0.15) is 5.10 Å². The predicted molar refractivity (Wildman–Crippen MR) is 103 cm³/mol. The number of rotatable bonds is 4. The summed E-state index contributed by atoms with van der Waals surface area (Å²) in [7, 11) is 1.96. The highest BCUT2D eigenvalue weighted by atomic mass is 16.5. The fourth-order valence-corrected chi connectivity index (χ4v) is 4.79. The molecule has 27 heavy (non-hydrogen) atoms. The van der Waals surface area contributed by atoms with Gasteiger partial charge in [-0.1, -0.05) is 24.4 Å². The first-order chi connectivity index (χ1) is 13.1. The average molecular weight is 370 g/mol. The Kier molecular flexibility index (Phi) is 5.32. The molecule has 6 heteroatoms. The molecule has 1 atom stereocenters. The van der Waals surface area contributed by atoms with Crippen molar-refractivity contribution in [2.24, 2.45) is 13.0 Å². The van der Waals surface area contributed by atoms with Crippen LogP contribution in [0.3, 0.4) is 0 Å². The minimum Gasteiger partial charge on any atom is -0.356 e. The third kappa shape index (κ3) is 3.80. The maximum Gasteiger partial charge on any atom is 0.223 e. The van der Waals surface area contributed by atoms with Crippen LogP contribution in [-0.2, 0) is 11.8 Å². The van der Waals surface area contributed by atoms with Crippen LogP contribution in [0, 0.1) is 12.8 Å². The highest BCUT2D eigenvalue weighted by molar-refractivity contribution is 5.77. The second-order valence-corrected chi connectivity index (χ2v) is 8.21. The molecule has 2 aromatic heterocycles. The van der Waals surface area contributed by atoms with E-state index in [-0.39, 0.29) is 6.04 Å². The summed E-state index contributed by atoms with van der Waals surface area (Å²) >= 11 is 0. The average Bonchev–Trinajstić information content (AvgIpc) is 3.28. The maximum absolute atomic E-state index is 13.2. The van der Waals surface area contributed by atoms with Gasteiger partial charge in [0.25, 0.3) is 0 Å². The van der Waals surface area contributed by atoms with Gasteiger partial charge in [0.1, 0.15) is 0 Å². The lowest BCUT2D eigenvalue weighted by Gasteiger charge is -2.37. The molecule has 2 fully saturated rings. The number of piperidine rings is 1. The second-order valence-electron chi connectivity index (χ2n) is 8.21. The van der Waals surface area contributed by atoms with Crippen LogP contribution in [0.15, 0.2) is 16.8 Å². The summed E-state index contributed by atoms with van der Waals surface area (Å²) in [6.07, 6.45) is 12.0. The molecule has 0 radical (unpaired) electrons. The largest absolute Gasteiger partial charge is 0.356 e. The van der Waals surface area contributed by atoms with Crippen LogP contribution in [0.2, 0.25) is 0 Å². The van der Waals surface area contributed by atoms with Gasteiger partial charge in [-0.25, -0.2) is 0 Å². The van der Waals surface area contributed by atoms with Gasteiger partial charge in [0.15, 0.2) is 5.76 Å². The van der Waals surface area contributed by atoms with Crippen molar-refractivity contribution < 1.29 is 9.32 Å². The summed E-state index contributed by atoms with van der Waals surface area (Å²) in [5.41, 5.74) is 2.89. The Bertz CT molecular complexity index is 788. The van der Waals surface area contributed by atoms with E-state index in [0.717, 1.165) is 48.5 Å². The zero-order valence-corrected chi connectivity index (χ0v) is 16.5. The quantitative estimate of drug-likeness (QED) is 0.800. The van der Waals surface area contributed by atoms with Crippen LogP contribution < -0.4 is 0 Å². The van der Waals surface area contributed by atoms with Crippen molar-refractivity contribution in [1.82, 2.24) is 19.8 Å². The summed E-state index contributed by atoms with van der Waals surface area (Å²) in [6, 6.07) is 2.01. The number of hydrogen-bond acceptors (Lipinski definition) is 4. The van der Waals surface area contributed by atoms with E-state index in [1.807, 2.05) is 30.9 Å². The fourth-order valence-electron chi connectivity index (χ4n) is 4.79. The van der Waals surface area contributed by atoms with E-state index in [9.17, 15) is 4.79 Å². The highest BCUT2D eigenvalue weighted by Crippen LogP contribution is 2.38. The molecule has 1 amide bonds. The number of likely N-dealkylation sites (tertiary alicyclic amines) is 1. The van der Waals surface area contributed by atoms with Crippen molar-refractivity contribution in [2.75, 3.05) is 6.54 Å². The van der Waals surface area contributed by atoms with Crippen molar-refractivity contribution >= 4 is 5.91 Å². The topological polar surface area (TPSA) is 64.2 Å². The molecule has 3 heterocycles. The van der Waals surface area contributed by atoms with Crippen LogP contribution in [0.25, 0.3) is 11.3 Å². The van der Waals surface area contributed by atoms with Crippen LogP contribution in [0.5, 0.6) is 0 Å². The molecule has 146 valence electrons. The summed E-state index contributed by atoms with van der Waals surface area (Å²) in [5, 5.41) is 8.51. The SMILES string of the molecule is Cc1cc(-c2cnn(C)c2[C@H]2CCCCN2C(=O)CC2CCCCC2)on1. The number of hydrogen-bond donors (Lipinski definition) is 0. The van der Waals surface area contributed by atoms with Crippen molar-refractivity contribution in [3.8, 4) is 11.3 Å². The second kappa shape index (κ2) is 7.87. The van der Waals surface area contributed by atoms with E-state index < -0.39 is 0 Å². The zero-order chi connectivity index (χ0) is 18.8.